The summed E-state index contributed by atoms with van der Waals surface area (Å²) in [7, 11) is 3.25. The maximum atomic E-state index is 5.82. The first-order chi connectivity index (χ1) is 9.17. The molecule has 19 heavy (non-hydrogen) atoms. The molecule has 1 heterocycles. The quantitative estimate of drug-likeness (QED) is 0.856. The standard InChI is InChI=1S/C14H17ClN2O2/c1-9-11(8-15)17-14(16-9)7-10-4-5-12(18-2)13(6-10)19-3/h4-6H,7-8H2,1-3H3,(H,16,17). The molecule has 4 nitrogen and oxygen atoms in total. The molecule has 2 aromatic rings. The van der Waals surface area contributed by atoms with Crippen LogP contribution in [0.25, 0.3) is 0 Å². The van der Waals surface area contributed by atoms with Gasteiger partial charge in [-0.15, -0.1) is 11.6 Å². The summed E-state index contributed by atoms with van der Waals surface area (Å²) in [5.74, 6) is 2.78. The van der Waals surface area contributed by atoms with E-state index in [4.69, 9.17) is 21.1 Å². The fourth-order valence-electron chi connectivity index (χ4n) is 1.96. The third kappa shape index (κ3) is 3.01. The Hall–Kier alpha value is -1.68. The van der Waals surface area contributed by atoms with Crippen LogP contribution in [-0.2, 0) is 12.3 Å². The van der Waals surface area contributed by atoms with Crippen LogP contribution in [-0.4, -0.2) is 24.2 Å². The van der Waals surface area contributed by atoms with Gasteiger partial charge >= 0.3 is 0 Å². The van der Waals surface area contributed by atoms with E-state index >= 15 is 0 Å². The maximum absolute atomic E-state index is 5.82. The van der Waals surface area contributed by atoms with Gasteiger partial charge in [-0.05, 0) is 24.6 Å². The van der Waals surface area contributed by atoms with Gasteiger partial charge in [-0.2, -0.15) is 0 Å². The highest BCUT2D eigenvalue weighted by molar-refractivity contribution is 6.16. The van der Waals surface area contributed by atoms with Crippen molar-refractivity contribution < 1.29 is 9.47 Å². The summed E-state index contributed by atoms with van der Waals surface area (Å²) in [6.45, 7) is 1.98. The van der Waals surface area contributed by atoms with Gasteiger partial charge < -0.3 is 14.5 Å². The van der Waals surface area contributed by atoms with E-state index in [1.807, 2.05) is 25.1 Å². The summed E-state index contributed by atoms with van der Waals surface area (Å²) in [5, 5.41) is 0. The van der Waals surface area contributed by atoms with Crippen LogP contribution in [0.15, 0.2) is 18.2 Å². The van der Waals surface area contributed by atoms with Crippen molar-refractivity contribution in [3.05, 3.63) is 41.0 Å². The molecule has 0 aliphatic rings. The zero-order valence-corrected chi connectivity index (χ0v) is 12.0. The van der Waals surface area contributed by atoms with E-state index in [1.54, 1.807) is 14.2 Å². The van der Waals surface area contributed by atoms with Crippen LogP contribution in [0.4, 0.5) is 0 Å². The predicted molar refractivity (Wildman–Crippen MR) is 75.2 cm³/mol. The highest BCUT2D eigenvalue weighted by atomic mass is 35.5. The number of rotatable bonds is 5. The van der Waals surface area contributed by atoms with E-state index in [0.29, 0.717) is 12.3 Å². The number of aryl methyl sites for hydroxylation is 1. The van der Waals surface area contributed by atoms with Crippen LogP contribution >= 0.6 is 11.6 Å². The van der Waals surface area contributed by atoms with Gasteiger partial charge in [0.25, 0.3) is 0 Å². The minimum Gasteiger partial charge on any atom is -0.493 e. The smallest absolute Gasteiger partial charge is 0.161 e. The Morgan fingerprint density at radius 1 is 1.21 bits per heavy atom. The lowest BCUT2D eigenvalue weighted by molar-refractivity contribution is 0.354. The SMILES string of the molecule is COc1ccc(Cc2nc(CCl)c(C)[nH]2)cc1OC. The number of methoxy groups -OCH3 is 2. The molecule has 0 amide bonds. The Bertz CT molecular complexity index is 567. The van der Waals surface area contributed by atoms with Crippen LogP contribution in [0.3, 0.4) is 0 Å². The summed E-state index contributed by atoms with van der Waals surface area (Å²) in [6.07, 6.45) is 0.706. The minimum atomic E-state index is 0.425. The summed E-state index contributed by atoms with van der Waals surface area (Å²) in [5.41, 5.74) is 3.02. The molecule has 1 aromatic carbocycles. The third-order valence-electron chi connectivity index (χ3n) is 2.98. The number of hydrogen-bond acceptors (Lipinski definition) is 3. The van der Waals surface area contributed by atoms with Gasteiger partial charge in [0.15, 0.2) is 11.5 Å². The van der Waals surface area contributed by atoms with Crippen molar-refractivity contribution in [3.63, 3.8) is 0 Å². The number of imidazole rings is 1. The number of halogens is 1. The monoisotopic (exact) mass is 280 g/mol. The molecule has 0 unspecified atom stereocenters. The number of aromatic amines is 1. The number of aromatic nitrogens is 2. The predicted octanol–water partition coefficient (Wildman–Crippen LogP) is 3.06. The van der Waals surface area contributed by atoms with E-state index in [0.717, 1.165) is 34.3 Å². The molecule has 0 saturated heterocycles. The molecular weight excluding hydrogens is 264 g/mol. The van der Waals surface area contributed by atoms with E-state index in [2.05, 4.69) is 9.97 Å². The molecule has 0 saturated carbocycles. The average molecular weight is 281 g/mol. The van der Waals surface area contributed by atoms with Gasteiger partial charge in [-0.1, -0.05) is 6.07 Å². The van der Waals surface area contributed by atoms with Crippen molar-refractivity contribution >= 4 is 11.6 Å². The number of nitrogens with zero attached hydrogens (tertiary/aromatic N) is 1. The van der Waals surface area contributed by atoms with Crippen LogP contribution in [0.2, 0.25) is 0 Å². The maximum Gasteiger partial charge on any atom is 0.161 e. The first kappa shape index (κ1) is 13.7. The van der Waals surface area contributed by atoms with Crippen molar-refractivity contribution in [3.8, 4) is 11.5 Å². The van der Waals surface area contributed by atoms with Crippen LogP contribution in [0, 0.1) is 6.92 Å². The molecule has 102 valence electrons. The van der Waals surface area contributed by atoms with E-state index < -0.39 is 0 Å². The lowest BCUT2D eigenvalue weighted by atomic mass is 10.1. The number of alkyl halides is 1. The fraction of sp³-hybridized carbons (Fsp3) is 0.357. The second-order valence-electron chi connectivity index (χ2n) is 4.25. The van der Waals surface area contributed by atoms with Gasteiger partial charge in [0.2, 0.25) is 0 Å². The molecule has 0 fully saturated rings. The molecule has 0 bridgehead atoms. The van der Waals surface area contributed by atoms with Gasteiger partial charge in [0.05, 0.1) is 25.8 Å². The molecule has 0 radical (unpaired) electrons. The molecule has 0 atom stereocenters. The van der Waals surface area contributed by atoms with Crippen LogP contribution in [0.5, 0.6) is 11.5 Å². The first-order valence-electron chi connectivity index (χ1n) is 5.99. The summed E-state index contributed by atoms with van der Waals surface area (Å²) in [6, 6.07) is 5.85. The topological polar surface area (TPSA) is 47.1 Å². The number of benzene rings is 1. The molecular formula is C14H17ClN2O2. The normalized spacial score (nSPS) is 10.5. The molecule has 1 aromatic heterocycles. The highest BCUT2D eigenvalue weighted by Crippen LogP contribution is 2.28. The Kier molecular flexibility index (Phi) is 4.32. The molecule has 0 aliphatic heterocycles. The summed E-state index contributed by atoms with van der Waals surface area (Å²) in [4.78, 5) is 7.70. The number of nitrogens with one attached hydrogen (secondary N) is 1. The van der Waals surface area contributed by atoms with Crippen molar-refractivity contribution in [1.29, 1.82) is 0 Å². The van der Waals surface area contributed by atoms with Crippen LogP contribution in [0.1, 0.15) is 22.8 Å². The van der Waals surface area contributed by atoms with Gasteiger partial charge in [-0.3, -0.25) is 0 Å². The Balaban J connectivity index is 2.22. The van der Waals surface area contributed by atoms with Gasteiger partial charge in [0, 0.05) is 12.1 Å². The van der Waals surface area contributed by atoms with Crippen molar-refractivity contribution in [2.45, 2.75) is 19.2 Å². The number of ether oxygens (including phenoxy) is 2. The summed E-state index contributed by atoms with van der Waals surface area (Å²) < 4.78 is 10.5. The average Bonchev–Trinajstić information content (AvgIpc) is 2.78. The Labute approximate surface area is 117 Å². The Morgan fingerprint density at radius 2 is 1.95 bits per heavy atom. The molecule has 0 spiro atoms. The zero-order valence-electron chi connectivity index (χ0n) is 11.3. The lowest BCUT2D eigenvalue weighted by Crippen LogP contribution is -1.95. The zero-order chi connectivity index (χ0) is 13.8. The number of hydrogen-bond donors (Lipinski definition) is 1. The number of H-pyrrole nitrogens is 1. The fourth-order valence-corrected chi connectivity index (χ4v) is 2.22. The highest BCUT2D eigenvalue weighted by Gasteiger charge is 2.09. The van der Waals surface area contributed by atoms with Crippen LogP contribution < -0.4 is 9.47 Å². The molecule has 0 aliphatic carbocycles. The van der Waals surface area contributed by atoms with Gasteiger partial charge in [-0.25, -0.2) is 4.98 Å². The van der Waals surface area contributed by atoms with E-state index in [1.165, 1.54) is 0 Å². The largest absolute Gasteiger partial charge is 0.493 e. The molecule has 1 N–H and O–H groups in total. The lowest BCUT2D eigenvalue weighted by Gasteiger charge is -2.08. The van der Waals surface area contributed by atoms with Crippen molar-refractivity contribution in [2.75, 3.05) is 14.2 Å². The van der Waals surface area contributed by atoms with E-state index in [-0.39, 0.29) is 0 Å². The minimum absolute atomic E-state index is 0.425. The second kappa shape index (κ2) is 5.97. The van der Waals surface area contributed by atoms with Crippen molar-refractivity contribution in [2.24, 2.45) is 0 Å². The van der Waals surface area contributed by atoms with Gasteiger partial charge in [0.1, 0.15) is 5.82 Å². The molecule has 2 rings (SSSR count). The molecule has 5 heteroatoms. The second-order valence-corrected chi connectivity index (χ2v) is 4.52. The third-order valence-corrected chi connectivity index (χ3v) is 3.23. The first-order valence-corrected chi connectivity index (χ1v) is 6.52. The van der Waals surface area contributed by atoms with Crippen molar-refractivity contribution in [1.82, 2.24) is 9.97 Å². The summed E-state index contributed by atoms with van der Waals surface area (Å²) >= 11 is 5.82. The van der Waals surface area contributed by atoms with E-state index in [9.17, 15) is 0 Å². The Morgan fingerprint density at radius 3 is 2.53 bits per heavy atom.